The van der Waals surface area contributed by atoms with Gasteiger partial charge in [0.2, 0.25) is 0 Å². The second kappa shape index (κ2) is 20.3. The third-order valence-electron chi connectivity index (χ3n) is 6.41. The summed E-state index contributed by atoms with van der Waals surface area (Å²) in [4.78, 5) is 10.4. The Morgan fingerprint density at radius 1 is 0.714 bits per heavy atom. The van der Waals surface area contributed by atoms with E-state index in [1.807, 2.05) is 24.3 Å². The van der Waals surface area contributed by atoms with Gasteiger partial charge in [-0.25, -0.2) is 14.4 Å². The average molecular weight is 572 g/mol. The standard InChI is InChI=1S/C31H34FN3O.2C3H8/c1-24-6-12-27(13-7-24)30(28-14-8-25(2)9-15-28)5-3-21-35(22-18-32)23-26-10-16-29(17-11-26)36-31-33-19-4-20-34-31;2*1-3-2/h4,6-17,19-20,30H,3,5,18,21-23H2,1-2H3;2*3H2,1-2H3. The summed E-state index contributed by atoms with van der Waals surface area (Å²) in [5.41, 5.74) is 6.32. The van der Waals surface area contributed by atoms with E-state index < -0.39 is 0 Å². The van der Waals surface area contributed by atoms with Crippen molar-refractivity contribution in [1.29, 1.82) is 0 Å². The van der Waals surface area contributed by atoms with E-state index in [2.05, 4.69) is 105 Å². The fraction of sp³-hybridized carbons (Fsp3) is 0.405. The van der Waals surface area contributed by atoms with Gasteiger partial charge in [0.15, 0.2) is 0 Å². The zero-order chi connectivity index (χ0) is 30.6. The van der Waals surface area contributed by atoms with Gasteiger partial charge in [-0.05, 0) is 68.1 Å². The maximum Gasteiger partial charge on any atom is 0.321 e. The first-order valence-corrected chi connectivity index (χ1v) is 15.4. The zero-order valence-corrected chi connectivity index (χ0v) is 26.5. The maximum atomic E-state index is 13.4. The number of hydrogen-bond donors (Lipinski definition) is 0. The summed E-state index contributed by atoms with van der Waals surface area (Å²) in [5, 5.41) is 0. The Morgan fingerprint density at radius 3 is 1.69 bits per heavy atom. The molecule has 1 aromatic heterocycles. The van der Waals surface area contributed by atoms with Crippen LogP contribution in [0.2, 0.25) is 0 Å². The average Bonchev–Trinajstić information content (AvgIpc) is 2.99. The molecule has 0 saturated carbocycles. The molecule has 0 aliphatic rings. The summed E-state index contributed by atoms with van der Waals surface area (Å²) in [5.74, 6) is 1.01. The van der Waals surface area contributed by atoms with Gasteiger partial charge in [-0.3, -0.25) is 4.90 Å². The van der Waals surface area contributed by atoms with Crippen LogP contribution in [0.4, 0.5) is 4.39 Å². The summed E-state index contributed by atoms with van der Waals surface area (Å²) in [6.45, 7) is 14.4. The van der Waals surface area contributed by atoms with Crippen molar-refractivity contribution in [2.24, 2.45) is 0 Å². The minimum Gasteiger partial charge on any atom is -0.424 e. The lowest BCUT2D eigenvalue weighted by molar-refractivity contribution is 0.234. The van der Waals surface area contributed by atoms with E-state index in [1.54, 1.807) is 18.5 Å². The smallest absolute Gasteiger partial charge is 0.321 e. The predicted octanol–water partition coefficient (Wildman–Crippen LogP) is 10.1. The molecule has 3 aromatic carbocycles. The van der Waals surface area contributed by atoms with Gasteiger partial charge in [0, 0.05) is 31.4 Å². The first-order valence-electron chi connectivity index (χ1n) is 15.4. The molecule has 42 heavy (non-hydrogen) atoms. The van der Waals surface area contributed by atoms with E-state index in [1.165, 1.54) is 35.1 Å². The maximum absolute atomic E-state index is 13.4. The number of halogens is 1. The topological polar surface area (TPSA) is 38.2 Å². The molecule has 0 bridgehead atoms. The van der Waals surface area contributed by atoms with Crippen LogP contribution in [0.15, 0.2) is 91.3 Å². The van der Waals surface area contributed by atoms with Crippen LogP contribution < -0.4 is 4.74 Å². The van der Waals surface area contributed by atoms with Gasteiger partial charge in [-0.15, -0.1) is 0 Å². The number of aromatic nitrogens is 2. The summed E-state index contributed by atoms with van der Waals surface area (Å²) >= 11 is 0. The highest BCUT2D eigenvalue weighted by atomic mass is 19.1. The second-order valence-electron chi connectivity index (χ2n) is 10.7. The first kappa shape index (κ1) is 34.6. The second-order valence-corrected chi connectivity index (χ2v) is 10.7. The molecule has 0 atom stereocenters. The summed E-state index contributed by atoms with van der Waals surface area (Å²) in [6.07, 6.45) is 7.79. The molecule has 0 N–H and O–H groups in total. The fourth-order valence-electron chi connectivity index (χ4n) is 4.40. The number of alkyl halides is 1. The monoisotopic (exact) mass is 571 g/mol. The Hall–Kier alpha value is -3.57. The highest BCUT2D eigenvalue weighted by Gasteiger charge is 2.15. The number of benzene rings is 3. The molecule has 0 saturated heterocycles. The van der Waals surface area contributed by atoms with Crippen LogP contribution in [0, 0.1) is 13.8 Å². The Kier molecular flexibility index (Phi) is 16.8. The number of nitrogens with zero attached hydrogens (tertiary/aromatic N) is 3. The van der Waals surface area contributed by atoms with Gasteiger partial charge < -0.3 is 4.74 Å². The van der Waals surface area contributed by atoms with Gasteiger partial charge in [0.25, 0.3) is 0 Å². The zero-order valence-electron chi connectivity index (χ0n) is 26.5. The van der Waals surface area contributed by atoms with Crippen LogP contribution in [-0.4, -0.2) is 34.6 Å². The van der Waals surface area contributed by atoms with Crippen molar-refractivity contribution < 1.29 is 9.13 Å². The summed E-state index contributed by atoms with van der Waals surface area (Å²) in [6, 6.07) is 27.6. The van der Waals surface area contributed by atoms with Crippen molar-refractivity contribution in [3.8, 4) is 11.8 Å². The SMILES string of the molecule is CCC.CCC.Cc1ccc(C(CCCN(CCF)Cc2ccc(Oc3ncccn3)cc2)c2ccc(C)cc2)cc1. The molecule has 0 aliphatic carbocycles. The van der Waals surface area contributed by atoms with Crippen LogP contribution in [0.3, 0.4) is 0 Å². The molecule has 0 fully saturated rings. The number of rotatable bonds is 12. The molecule has 1 heterocycles. The molecular weight excluding hydrogens is 521 g/mol. The molecular formula is C37H50FN3O. The molecule has 0 amide bonds. The first-order chi connectivity index (χ1) is 20.4. The van der Waals surface area contributed by atoms with Crippen LogP contribution in [0.25, 0.3) is 0 Å². The van der Waals surface area contributed by atoms with Crippen LogP contribution in [-0.2, 0) is 6.54 Å². The highest BCUT2D eigenvalue weighted by molar-refractivity contribution is 5.35. The lowest BCUT2D eigenvalue weighted by atomic mass is 9.86. The minimum atomic E-state index is -0.355. The van der Waals surface area contributed by atoms with E-state index >= 15 is 0 Å². The Morgan fingerprint density at radius 2 is 1.21 bits per heavy atom. The van der Waals surface area contributed by atoms with Crippen LogP contribution >= 0.6 is 0 Å². The molecule has 0 aliphatic heterocycles. The number of aryl methyl sites for hydroxylation is 2. The highest BCUT2D eigenvalue weighted by Crippen LogP contribution is 2.30. The Balaban J connectivity index is 0.000000946. The van der Waals surface area contributed by atoms with Crippen molar-refractivity contribution in [2.45, 2.75) is 79.7 Å². The van der Waals surface area contributed by atoms with E-state index in [0.29, 0.717) is 30.8 Å². The third kappa shape index (κ3) is 12.9. The third-order valence-corrected chi connectivity index (χ3v) is 6.41. The predicted molar refractivity (Wildman–Crippen MR) is 175 cm³/mol. The van der Waals surface area contributed by atoms with Crippen LogP contribution in [0.1, 0.15) is 87.1 Å². The Bertz CT molecular complexity index is 1170. The van der Waals surface area contributed by atoms with Crippen molar-refractivity contribution in [2.75, 3.05) is 19.8 Å². The summed E-state index contributed by atoms with van der Waals surface area (Å²) in [7, 11) is 0. The Labute approximate surface area is 254 Å². The molecule has 0 spiro atoms. The van der Waals surface area contributed by atoms with E-state index in [-0.39, 0.29) is 6.67 Å². The van der Waals surface area contributed by atoms with Gasteiger partial charge in [-0.2, -0.15) is 0 Å². The van der Waals surface area contributed by atoms with E-state index in [4.69, 9.17) is 4.74 Å². The van der Waals surface area contributed by atoms with Gasteiger partial charge >= 0.3 is 6.01 Å². The molecule has 4 rings (SSSR count). The molecule has 0 radical (unpaired) electrons. The normalized spacial score (nSPS) is 10.5. The van der Waals surface area contributed by atoms with E-state index in [0.717, 1.165) is 24.9 Å². The molecule has 4 nitrogen and oxygen atoms in total. The quantitative estimate of drug-likeness (QED) is 0.170. The van der Waals surface area contributed by atoms with Gasteiger partial charge in [0.05, 0.1) is 0 Å². The molecule has 0 unspecified atom stereocenters. The number of hydrogen-bond acceptors (Lipinski definition) is 4. The lowest BCUT2D eigenvalue weighted by Gasteiger charge is -2.24. The fourth-order valence-corrected chi connectivity index (χ4v) is 4.40. The van der Waals surface area contributed by atoms with E-state index in [9.17, 15) is 4.39 Å². The number of ether oxygens (including phenoxy) is 1. The van der Waals surface area contributed by atoms with Crippen molar-refractivity contribution in [3.05, 3.63) is 119 Å². The summed E-state index contributed by atoms with van der Waals surface area (Å²) < 4.78 is 19.0. The minimum absolute atomic E-state index is 0.320. The van der Waals surface area contributed by atoms with Crippen molar-refractivity contribution >= 4 is 0 Å². The van der Waals surface area contributed by atoms with Crippen molar-refractivity contribution in [3.63, 3.8) is 0 Å². The van der Waals surface area contributed by atoms with Gasteiger partial charge in [-0.1, -0.05) is 112 Å². The molecule has 226 valence electrons. The van der Waals surface area contributed by atoms with Crippen molar-refractivity contribution in [1.82, 2.24) is 14.9 Å². The molecule has 5 heteroatoms. The van der Waals surface area contributed by atoms with Crippen LogP contribution in [0.5, 0.6) is 11.8 Å². The lowest BCUT2D eigenvalue weighted by Crippen LogP contribution is -2.27. The molecule has 4 aromatic rings. The largest absolute Gasteiger partial charge is 0.424 e. The van der Waals surface area contributed by atoms with Gasteiger partial charge in [0.1, 0.15) is 12.4 Å².